The summed E-state index contributed by atoms with van der Waals surface area (Å²) in [5.41, 5.74) is 0. The van der Waals surface area contributed by atoms with E-state index < -0.39 is 0 Å². The largest absolute Gasteiger partial charge is 0.490 e. The maximum absolute atomic E-state index is 5.65. The van der Waals surface area contributed by atoms with Gasteiger partial charge in [0.15, 0.2) is 0 Å². The first-order chi connectivity index (χ1) is 8.83. The molecule has 18 heavy (non-hydrogen) atoms. The lowest BCUT2D eigenvalue weighted by Crippen LogP contribution is -2.31. The number of rotatable bonds is 6. The third-order valence-electron chi connectivity index (χ3n) is 2.79. The fourth-order valence-electron chi connectivity index (χ4n) is 1.95. The molecule has 0 saturated heterocycles. The third kappa shape index (κ3) is 3.11. The second kappa shape index (κ2) is 6.22. The van der Waals surface area contributed by atoms with Crippen LogP contribution < -0.4 is 15.2 Å². The van der Waals surface area contributed by atoms with Gasteiger partial charge in [-0.15, -0.1) is 6.58 Å². The van der Waals surface area contributed by atoms with Gasteiger partial charge in [-0.2, -0.15) is 0 Å². The van der Waals surface area contributed by atoms with Crippen molar-refractivity contribution in [1.29, 1.82) is 0 Å². The summed E-state index contributed by atoms with van der Waals surface area (Å²) in [6.07, 6.45) is 8.89. The average molecular weight is 242 g/mol. The summed E-state index contributed by atoms with van der Waals surface area (Å²) >= 11 is 0. The second-order valence-electron chi connectivity index (χ2n) is 4.16. The minimum absolute atomic E-state index is 0.130. The monoisotopic (exact) mass is 242 g/mol. The van der Waals surface area contributed by atoms with Crippen LogP contribution in [0.5, 0.6) is 5.75 Å². The molecule has 1 aromatic carbocycles. The summed E-state index contributed by atoms with van der Waals surface area (Å²) in [6, 6.07) is 6.10. The Morgan fingerprint density at radius 3 is 2.78 bits per heavy atom. The van der Waals surface area contributed by atoms with E-state index in [9.17, 15) is 0 Å². The molecular weight excluding hydrogens is 224 g/mol. The molecule has 0 bridgehead atoms. The molecule has 1 aromatic rings. The molecule has 0 aromatic heterocycles. The van der Waals surface area contributed by atoms with E-state index in [0.717, 1.165) is 17.4 Å². The highest BCUT2D eigenvalue weighted by Crippen LogP contribution is 2.08. The van der Waals surface area contributed by atoms with E-state index in [0.29, 0.717) is 13.2 Å². The molecule has 2 heteroatoms. The highest BCUT2D eigenvalue weighted by molar-refractivity contribution is 5.44. The smallest absolute Gasteiger partial charge is 0.120 e. The van der Waals surface area contributed by atoms with E-state index in [1.165, 1.54) is 5.22 Å². The molecule has 0 heterocycles. The van der Waals surface area contributed by atoms with Crippen molar-refractivity contribution >= 4 is 12.2 Å². The molecule has 0 spiro atoms. The number of fused-ring (bicyclic) bond motifs is 1. The van der Waals surface area contributed by atoms with Crippen LogP contribution in [0, 0.1) is 0 Å². The zero-order chi connectivity index (χ0) is 12.8. The lowest BCUT2D eigenvalue weighted by atomic mass is 10.1. The Morgan fingerprint density at radius 2 is 2.00 bits per heavy atom. The minimum atomic E-state index is 0.130. The van der Waals surface area contributed by atoms with Crippen molar-refractivity contribution in [3.8, 4) is 5.75 Å². The van der Waals surface area contributed by atoms with Gasteiger partial charge in [0.25, 0.3) is 0 Å². The second-order valence-corrected chi connectivity index (χ2v) is 4.16. The number of hydrogen-bond acceptors (Lipinski definition) is 2. The highest BCUT2D eigenvalue weighted by Gasteiger charge is 2.07. The third-order valence-corrected chi connectivity index (χ3v) is 2.79. The molecule has 0 amide bonds. The first kappa shape index (κ1) is 12.7. The quantitative estimate of drug-likeness (QED) is 0.708. The Balaban J connectivity index is 2.21. The zero-order valence-corrected chi connectivity index (χ0v) is 10.5. The predicted molar refractivity (Wildman–Crippen MR) is 74.9 cm³/mol. The van der Waals surface area contributed by atoms with Crippen LogP contribution in [0.15, 0.2) is 43.5 Å². The number of benzene rings is 1. The Kier molecular flexibility index (Phi) is 4.37. The van der Waals surface area contributed by atoms with E-state index in [4.69, 9.17) is 9.47 Å². The predicted octanol–water partition coefficient (Wildman–Crippen LogP) is 1.79. The SMILES string of the molecule is C=CCOc1ccc2c(c1)=CC(OCC=C)CC=2. The average Bonchev–Trinajstić information content (AvgIpc) is 2.42. The van der Waals surface area contributed by atoms with Crippen LogP contribution in [0.2, 0.25) is 0 Å². The molecular formula is C16H18O2. The molecule has 1 unspecified atom stereocenters. The van der Waals surface area contributed by atoms with Gasteiger partial charge in [0.05, 0.1) is 12.7 Å². The van der Waals surface area contributed by atoms with E-state index in [1.807, 2.05) is 12.1 Å². The number of ether oxygens (including phenoxy) is 2. The lowest BCUT2D eigenvalue weighted by Gasteiger charge is -2.14. The lowest BCUT2D eigenvalue weighted by molar-refractivity contribution is 0.124. The van der Waals surface area contributed by atoms with E-state index >= 15 is 0 Å². The first-order valence-electron chi connectivity index (χ1n) is 6.12. The van der Waals surface area contributed by atoms with Crippen molar-refractivity contribution < 1.29 is 9.47 Å². The number of hydrogen-bond donors (Lipinski definition) is 0. The van der Waals surface area contributed by atoms with Crippen LogP contribution in [0.4, 0.5) is 0 Å². The Morgan fingerprint density at radius 1 is 1.17 bits per heavy atom. The normalized spacial score (nSPS) is 17.0. The Hall–Kier alpha value is -1.80. The van der Waals surface area contributed by atoms with Crippen molar-refractivity contribution in [3.63, 3.8) is 0 Å². The van der Waals surface area contributed by atoms with E-state index in [1.54, 1.807) is 12.2 Å². The van der Waals surface area contributed by atoms with Crippen molar-refractivity contribution in [2.24, 2.45) is 0 Å². The summed E-state index contributed by atoms with van der Waals surface area (Å²) < 4.78 is 11.2. The van der Waals surface area contributed by atoms with E-state index in [-0.39, 0.29) is 6.10 Å². The molecule has 0 fully saturated rings. The maximum atomic E-state index is 5.65. The zero-order valence-electron chi connectivity index (χ0n) is 10.5. The molecule has 94 valence electrons. The molecule has 2 nitrogen and oxygen atoms in total. The van der Waals surface area contributed by atoms with Crippen LogP contribution in [0.1, 0.15) is 6.42 Å². The van der Waals surface area contributed by atoms with Crippen molar-refractivity contribution in [2.75, 3.05) is 13.2 Å². The van der Waals surface area contributed by atoms with Gasteiger partial charge in [-0.05, 0) is 35.1 Å². The molecule has 0 saturated carbocycles. The fraction of sp³-hybridized carbons (Fsp3) is 0.250. The first-order valence-corrected chi connectivity index (χ1v) is 6.12. The summed E-state index contributed by atoms with van der Waals surface area (Å²) in [7, 11) is 0. The molecule has 1 atom stereocenters. The summed E-state index contributed by atoms with van der Waals surface area (Å²) in [5, 5.41) is 2.40. The standard InChI is InChI=1S/C16H18O2/c1-3-9-17-15-7-5-13-6-8-16(18-10-4-2)12-14(13)11-15/h3-7,11-12,16H,1-2,8-10H2. The van der Waals surface area contributed by atoms with Crippen LogP contribution in [-0.4, -0.2) is 19.3 Å². The van der Waals surface area contributed by atoms with Crippen LogP contribution in [0.25, 0.3) is 12.2 Å². The van der Waals surface area contributed by atoms with Gasteiger partial charge < -0.3 is 9.47 Å². The molecule has 1 aliphatic carbocycles. The maximum Gasteiger partial charge on any atom is 0.120 e. The highest BCUT2D eigenvalue weighted by atomic mass is 16.5. The van der Waals surface area contributed by atoms with Gasteiger partial charge >= 0.3 is 0 Å². The Bertz CT molecular complexity index is 543. The minimum Gasteiger partial charge on any atom is -0.490 e. The van der Waals surface area contributed by atoms with Gasteiger partial charge in [0.1, 0.15) is 12.4 Å². The van der Waals surface area contributed by atoms with Crippen LogP contribution >= 0.6 is 0 Å². The molecule has 1 aliphatic rings. The van der Waals surface area contributed by atoms with Gasteiger partial charge in [-0.1, -0.05) is 30.9 Å². The molecule has 0 aliphatic heterocycles. The topological polar surface area (TPSA) is 18.5 Å². The summed E-state index contributed by atoms with van der Waals surface area (Å²) in [4.78, 5) is 0. The van der Waals surface area contributed by atoms with Gasteiger partial charge in [0.2, 0.25) is 0 Å². The van der Waals surface area contributed by atoms with Gasteiger partial charge in [-0.3, -0.25) is 0 Å². The van der Waals surface area contributed by atoms with Crippen molar-refractivity contribution in [2.45, 2.75) is 12.5 Å². The summed E-state index contributed by atoms with van der Waals surface area (Å²) in [5.74, 6) is 0.864. The van der Waals surface area contributed by atoms with Crippen LogP contribution in [-0.2, 0) is 4.74 Å². The van der Waals surface area contributed by atoms with Crippen molar-refractivity contribution in [1.82, 2.24) is 0 Å². The van der Waals surface area contributed by atoms with Gasteiger partial charge in [-0.25, -0.2) is 0 Å². The Labute approximate surface area is 108 Å². The van der Waals surface area contributed by atoms with Gasteiger partial charge in [0, 0.05) is 0 Å². The van der Waals surface area contributed by atoms with E-state index in [2.05, 4.69) is 31.4 Å². The van der Waals surface area contributed by atoms with Crippen LogP contribution in [0.3, 0.4) is 0 Å². The molecule has 0 radical (unpaired) electrons. The molecule has 2 rings (SSSR count). The van der Waals surface area contributed by atoms with Crippen molar-refractivity contribution in [3.05, 3.63) is 53.9 Å². The summed E-state index contributed by atoms with van der Waals surface area (Å²) in [6.45, 7) is 8.41. The molecule has 0 N–H and O–H groups in total. The fourth-order valence-corrected chi connectivity index (χ4v) is 1.95.